The van der Waals surface area contributed by atoms with Crippen LogP contribution in [0.15, 0.2) is 36.0 Å². The minimum absolute atomic E-state index is 0. The summed E-state index contributed by atoms with van der Waals surface area (Å²) in [6.45, 7) is 2.10. The van der Waals surface area contributed by atoms with Crippen molar-refractivity contribution < 1.29 is 28.4 Å². The van der Waals surface area contributed by atoms with Gasteiger partial charge in [0.2, 0.25) is 0 Å². The number of aromatic nitrogens is 2. The van der Waals surface area contributed by atoms with Gasteiger partial charge < -0.3 is 24.0 Å². The van der Waals surface area contributed by atoms with Gasteiger partial charge in [0.1, 0.15) is 5.69 Å². The first kappa shape index (κ1) is 10.8. The molecule has 0 amide bonds. The summed E-state index contributed by atoms with van der Waals surface area (Å²) >= 11 is 1.77. The molecule has 0 spiro atoms. The third-order valence-electron chi connectivity index (χ3n) is 2.39. The molecular weight excluding hydrogens is 319 g/mol. The number of fused-ring (bicyclic) bond motifs is 3. The van der Waals surface area contributed by atoms with Gasteiger partial charge in [-0.05, 0) is 24.0 Å². The van der Waals surface area contributed by atoms with E-state index in [1.165, 1.54) is 15.9 Å². The summed E-state index contributed by atoms with van der Waals surface area (Å²) in [5, 5.41) is 3.39. The fourth-order valence-electron chi connectivity index (χ4n) is 1.64. The molecule has 0 bridgehead atoms. The summed E-state index contributed by atoms with van der Waals surface area (Å²) in [7, 11) is 0. The van der Waals surface area contributed by atoms with E-state index in [4.69, 9.17) is 0 Å². The van der Waals surface area contributed by atoms with E-state index in [0.717, 1.165) is 5.52 Å². The summed E-state index contributed by atoms with van der Waals surface area (Å²) in [5.41, 5.74) is 2.30. The predicted molar refractivity (Wildman–Crippen MR) is 57.5 cm³/mol. The lowest BCUT2D eigenvalue weighted by atomic mass is 10.2. The van der Waals surface area contributed by atoms with Crippen molar-refractivity contribution in [2.45, 2.75) is 6.92 Å². The first-order valence-electron chi connectivity index (χ1n) is 4.49. The Hall–Kier alpha value is -0.750. The van der Waals surface area contributed by atoms with Crippen molar-refractivity contribution in [1.29, 1.82) is 0 Å². The minimum atomic E-state index is 0. The minimum Gasteiger partial charge on any atom is -1.00 e. The molecule has 2 heterocycles. The van der Waals surface area contributed by atoms with Crippen LogP contribution >= 0.6 is 11.3 Å². The molecule has 0 saturated carbocycles. The summed E-state index contributed by atoms with van der Waals surface area (Å²) in [6.07, 6.45) is 1.89. The number of hydrogen-bond acceptors (Lipinski definition) is 2. The Morgan fingerprint density at radius 3 is 2.93 bits per heavy atom. The molecule has 0 atom stereocenters. The van der Waals surface area contributed by atoms with Gasteiger partial charge >= 0.3 is 0 Å². The van der Waals surface area contributed by atoms with Crippen molar-refractivity contribution in [2.75, 3.05) is 0 Å². The lowest BCUT2D eigenvalue weighted by molar-refractivity contribution is -0.517. The Balaban J connectivity index is 0.000000853. The first-order chi connectivity index (χ1) is 6.86. The Morgan fingerprint density at radius 2 is 2.07 bits per heavy atom. The van der Waals surface area contributed by atoms with E-state index >= 15 is 0 Å². The fourth-order valence-corrected chi connectivity index (χ4v) is 2.64. The third kappa shape index (κ3) is 1.61. The lowest BCUT2D eigenvalue weighted by Gasteiger charge is -1.91. The maximum atomic E-state index is 4.41. The van der Waals surface area contributed by atoms with E-state index in [-0.39, 0.29) is 24.0 Å². The maximum absolute atomic E-state index is 4.41. The molecule has 0 aliphatic carbocycles. The average molecular weight is 328 g/mol. The maximum Gasteiger partial charge on any atom is 0.292 e. The SMILES string of the molecule is Cc1csc2c3ccccc3nc[n+]12.[I-]. The van der Waals surface area contributed by atoms with Gasteiger partial charge in [0.15, 0.2) is 10.3 Å². The summed E-state index contributed by atoms with van der Waals surface area (Å²) in [4.78, 5) is 5.68. The molecule has 3 aromatic rings. The number of thiazole rings is 1. The molecule has 0 aliphatic rings. The van der Waals surface area contributed by atoms with Crippen LogP contribution in [0.2, 0.25) is 0 Å². The van der Waals surface area contributed by atoms with Crippen molar-refractivity contribution in [1.82, 2.24) is 4.98 Å². The number of hydrogen-bond donors (Lipinski definition) is 0. The van der Waals surface area contributed by atoms with Crippen LogP contribution < -0.4 is 28.4 Å². The Labute approximate surface area is 109 Å². The van der Waals surface area contributed by atoms with Gasteiger partial charge in [0.05, 0.1) is 5.39 Å². The van der Waals surface area contributed by atoms with Gasteiger partial charge in [0.25, 0.3) is 6.33 Å². The lowest BCUT2D eigenvalue weighted by Crippen LogP contribution is -3.00. The standard InChI is InChI=1S/C11H9N2S.HI/c1-8-6-14-11-9-4-2-3-5-10(9)12-7-13(8)11;/h2-7H,1H3;1H/q+1;/p-1. The molecule has 15 heavy (non-hydrogen) atoms. The highest BCUT2D eigenvalue weighted by Crippen LogP contribution is 2.18. The smallest absolute Gasteiger partial charge is 0.292 e. The number of aryl methyl sites for hydroxylation is 1. The van der Waals surface area contributed by atoms with Crippen LogP contribution in [0.25, 0.3) is 15.7 Å². The number of nitrogens with zero attached hydrogens (tertiary/aromatic N) is 2. The Morgan fingerprint density at radius 1 is 1.27 bits per heavy atom. The van der Waals surface area contributed by atoms with Crippen LogP contribution in [0.1, 0.15) is 5.69 Å². The predicted octanol–water partition coefficient (Wildman–Crippen LogP) is -0.653. The van der Waals surface area contributed by atoms with Crippen molar-refractivity contribution in [2.24, 2.45) is 0 Å². The zero-order valence-electron chi connectivity index (χ0n) is 8.14. The van der Waals surface area contributed by atoms with E-state index < -0.39 is 0 Å². The Bertz CT molecular complexity index is 618. The molecule has 0 aliphatic heterocycles. The zero-order valence-corrected chi connectivity index (χ0v) is 11.1. The normalized spacial score (nSPS) is 10.5. The van der Waals surface area contributed by atoms with Crippen LogP contribution in [-0.2, 0) is 0 Å². The van der Waals surface area contributed by atoms with E-state index in [2.05, 4.69) is 33.8 Å². The summed E-state index contributed by atoms with van der Waals surface area (Å²) in [5.74, 6) is 0. The molecule has 4 heteroatoms. The second kappa shape index (κ2) is 4.02. The molecule has 1 aromatic carbocycles. The van der Waals surface area contributed by atoms with Crippen LogP contribution in [-0.4, -0.2) is 4.98 Å². The highest BCUT2D eigenvalue weighted by atomic mass is 127. The zero-order chi connectivity index (χ0) is 9.54. The summed E-state index contributed by atoms with van der Waals surface area (Å²) in [6, 6.07) is 8.24. The average Bonchev–Trinajstić information content (AvgIpc) is 2.61. The van der Waals surface area contributed by atoms with Crippen LogP contribution in [0, 0.1) is 6.92 Å². The van der Waals surface area contributed by atoms with E-state index in [1.54, 1.807) is 11.3 Å². The van der Waals surface area contributed by atoms with Gasteiger partial charge in [-0.25, -0.2) is 0 Å². The van der Waals surface area contributed by atoms with Crippen molar-refractivity contribution in [3.8, 4) is 0 Å². The van der Waals surface area contributed by atoms with Gasteiger partial charge in [-0.2, -0.15) is 4.40 Å². The third-order valence-corrected chi connectivity index (χ3v) is 3.49. The number of halogens is 1. The van der Waals surface area contributed by atoms with Gasteiger partial charge in [0, 0.05) is 5.38 Å². The highest BCUT2D eigenvalue weighted by Gasteiger charge is 2.10. The molecule has 2 aromatic heterocycles. The second-order valence-electron chi connectivity index (χ2n) is 3.31. The topological polar surface area (TPSA) is 17.0 Å². The molecule has 0 unspecified atom stereocenters. The molecule has 3 rings (SSSR count). The molecule has 0 radical (unpaired) electrons. The number of benzene rings is 1. The van der Waals surface area contributed by atoms with Crippen LogP contribution in [0.5, 0.6) is 0 Å². The van der Waals surface area contributed by atoms with Crippen molar-refractivity contribution in [3.05, 3.63) is 41.7 Å². The van der Waals surface area contributed by atoms with E-state index in [9.17, 15) is 0 Å². The quantitative estimate of drug-likeness (QED) is 0.396. The molecule has 2 nitrogen and oxygen atoms in total. The van der Waals surface area contributed by atoms with Gasteiger partial charge in [-0.3, -0.25) is 0 Å². The molecule has 0 fully saturated rings. The molecule has 0 saturated heterocycles. The van der Waals surface area contributed by atoms with Crippen LogP contribution in [0.4, 0.5) is 0 Å². The fraction of sp³-hybridized carbons (Fsp3) is 0.0909. The first-order valence-corrected chi connectivity index (χ1v) is 5.37. The van der Waals surface area contributed by atoms with Crippen LogP contribution in [0.3, 0.4) is 0 Å². The highest BCUT2D eigenvalue weighted by molar-refractivity contribution is 7.16. The van der Waals surface area contributed by atoms with Crippen molar-refractivity contribution in [3.63, 3.8) is 0 Å². The van der Waals surface area contributed by atoms with Crippen molar-refractivity contribution >= 4 is 27.1 Å². The second-order valence-corrected chi connectivity index (χ2v) is 4.17. The van der Waals surface area contributed by atoms with Gasteiger partial charge in [-0.1, -0.05) is 23.5 Å². The van der Waals surface area contributed by atoms with E-state index in [0.29, 0.717) is 0 Å². The number of rotatable bonds is 0. The van der Waals surface area contributed by atoms with Gasteiger partial charge in [-0.15, -0.1) is 0 Å². The van der Waals surface area contributed by atoms with E-state index in [1.807, 2.05) is 18.5 Å². The molecule has 0 N–H and O–H groups in total. The largest absolute Gasteiger partial charge is 1.00 e. The monoisotopic (exact) mass is 328 g/mol. The number of para-hydroxylation sites is 1. The molecular formula is C11H9IN2S. The molecule has 76 valence electrons. The Kier molecular flexibility index (Phi) is 2.88. The summed E-state index contributed by atoms with van der Waals surface area (Å²) < 4.78 is 2.13.